The number of pyridine rings is 1. The van der Waals surface area contributed by atoms with E-state index >= 15 is 0 Å². The largest absolute Gasteiger partial charge is 0.385 e. The molecule has 1 unspecified atom stereocenters. The van der Waals surface area contributed by atoms with Crippen LogP contribution in [-0.4, -0.2) is 63.2 Å². The Bertz CT molecular complexity index is 1780. The number of nitrogens with one attached hydrogen (secondary N) is 2. The molecule has 0 saturated carbocycles. The lowest BCUT2D eigenvalue weighted by Crippen LogP contribution is -2.42. The number of imidazole rings is 1. The van der Waals surface area contributed by atoms with Crippen LogP contribution in [-0.2, 0) is 22.5 Å². The normalized spacial score (nSPS) is 16.3. The minimum absolute atomic E-state index is 0.129. The number of methoxy groups -OCH3 is 1. The third-order valence-corrected chi connectivity index (χ3v) is 8.79. The summed E-state index contributed by atoms with van der Waals surface area (Å²) in [7, 11) is 1.75. The number of aromatic nitrogens is 4. The number of aromatic amines is 2. The quantitative estimate of drug-likeness (QED) is 0.203. The molecule has 9 nitrogen and oxygen atoms in total. The number of aryl methyl sites for hydroxylation is 2. The number of rotatable bonds is 10. The number of nitrogens with zero attached hydrogens (tertiary/aromatic N) is 3. The van der Waals surface area contributed by atoms with Gasteiger partial charge in [0.05, 0.1) is 5.52 Å². The van der Waals surface area contributed by atoms with Crippen molar-refractivity contribution >= 4 is 28.0 Å². The molecule has 1 saturated heterocycles. The fourth-order valence-corrected chi connectivity index (χ4v) is 6.78. The fourth-order valence-electron chi connectivity index (χ4n) is 6.78. The minimum Gasteiger partial charge on any atom is -0.385 e. The van der Waals surface area contributed by atoms with Crippen molar-refractivity contribution in [3.05, 3.63) is 88.1 Å². The lowest BCUT2D eigenvalue weighted by molar-refractivity contribution is -0.132. The molecular weight excluding hydrogens is 540 g/mol. The van der Waals surface area contributed by atoms with E-state index in [9.17, 15) is 9.59 Å². The average molecular weight is 581 g/mol. The predicted octanol–water partition coefficient (Wildman–Crippen LogP) is 4.88. The van der Waals surface area contributed by atoms with E-state index in [1.807, 2.05) is 35.2 Å². The van der Waals surface area contributed by atoms with Crippen LogP contribution in [0.1, 0.15) is 48.4 Å². The van der Waals surface area contributed by atoms with E-state index in [1.54, 1.807) is 13.3 Å². The topological polar surface area (TPSA) is 122 Å². The molecule has 2 aromatic carbocycles. The molecule has 4 N–H and O–H groups in total. The van der Waals surface area contributed by atoms with Crippen molar-refractivity contribution < 1.29 is 9.53 Å². The molecule has 0 bridgehead atoms. The van der Waals surface area contributed by atoms with Gasteiger partial charge >= 0.3 is 5.69 Å². The number of likely N-dealkylation sites (tertiary alicyclic amines) is 1. The summed E-state index contributed by atoms with van der Waals surface area (Å²) >= 11 is 0. The Hall–Kier alpha value is -4.21. The van der Waals surface area contributed by atoms with Crippen molar-refractivity contribution in [1.82, 2.24) is 24.4 Å². The summed E-state index contributed by atoms with van der Waals surface area (Å²) in [6.45, 7) is 5.36. The molecule has 4 heterocycles. The number of benzene rings is 2. The molecule has 5 aromatic rings. The molecule has 9 heteroatoms. The SMILES string of the molecule is COCCCn1c(C2CCCN(C(=O)C[C@H](N)Cc3ccc(-c4ccnc5[nH]c(=O)[nH]c45)cc3)C2)c(C)c2ccccc21. The van der Waals surface area contributed by atoms with Gasteiger partial charge in [-0.3, -0.25) is 9.78 Å². The van der Waals surface area contributed by atoms with Crippen molar-refractivity contribution in [2.45, 2.75) is 57.5 Å². The first-order chi connectivity index (χ1) is 20.9. The fraction of sp³-hybridized carbons (Fsp3) is 0.382. The Balaban J connectivity index is 1.11. The second-order valence-corrected chi connectivity index (χ2v) is 11.7. The molecular formula is C34H40N6O3. The molecule has 43 heavy (non-hydrogen) atoms. The molecule has 0 spiro atoms. The number of amides is 1. The van der Waals surface area contributed by atoms with Crippen molar-refractivity contribution in [2.24, 2.45) is 5.73 Å². The Kier molecular flexibility index (Phi) is 8.44. The third kappa shape index (κ3) is 6.00. The Labute approximate surface area is 251 Å². The van der Waals surface area contributed by atoms with E-state index in [-0.39, 0.29) is 17.6 Å². The van der Waals surface area contributed by atoms with E-state index < -0.39 is 0 Å². The van der Waals surface area contributed by atoms with E-state index in [2.05, 4.69) is 50.7 Å². The number of hydrogen-bond donors (Lipinski definition) is 3. The number of carbonyl (C=O) groups is 1. The van der Waals surface area contributed by atoms with E-state index in [4.69, 9.17) is 10.5 Å². The highest BCUT2D eigenvalue weighted by molar-refractivity contribution is 5.89. The number of hydrogen-bond acceptors (Lipinski definition) is 5. The van der Waals surface area contributed by atoms with Crippen molar-refractivity contribution in [2.75, 3.05) is 26.8 Å². The summed E-state index contributed by atoms with van der Waals surface area (Å²) in [6.07, 6.45) is 5.63. The van der Waals surface area contributed by atoms with Gasteiger partial charge in [0.15, 0.2) is 5.65 Å². The van der Waals surface area contributed by atoms with Gasteiger partial charge in [0.2, 0.25) is 5.91 Å². The summed E-state index contributed by atoms with van der Waals surface area (Å²) in [5, 5.41) is 1.29. The maximum absolute atomic E-state index is 13.5. The van der Waals surface area contributed by atoms with Gasteiger partial charge in [0, 0.05) is 80.1 Å². The maximum atomic E-state index is 13.5. The number of carbonyl (C=O) groups excluding carboxylic acids is 1. The minimum atomic E-state index is -0.276. The zero-order valence-corrected chi connectivity index (χ0v) is 24.9. The molecule has 2 atom stereocenters. The summed E-state index contributed by atoms with van der Waals surface area (Å²) < 4.78 is 7.81. The van der Waals surface area contributed by atoms with Crippen LogP contribution in [0.4, 0.5) is 0 Å². The highest BCUT2D eigenvalue weighted by Gasteiger charge is 2.29. The van der Waals surface area contributed by atoms with Crippen molar-refractivity contribution in [3.63, 3.8) is 0 Å². The first kappa shape index (κ1) is 28.9. The van der Waals surface area contributed by atoms with Gasteiger partial charge < -0.3 is 24.9 Å². The standard InChI is InChI=1S/C34H40N6O3/c1-22-27-8-3-4-9-29(27)40(17-6-18-43-2)32(22)25-7-5-16-39(21-25)30(41)20-26(35)19-23-10-12-24(13-11-23)28-14-15-36-33-31(28)37-34(42)38-33/h3-4,8-15,25-26H,5-7,16-21,35H2,1-2H3,(H2,36,37,38,42)/t25?,26-/m1/s1. The number of piperidine rings is 1. The summed E-state index contributed by atoms with van der Waals surface area (Å²) in [5.41, 5.74) is 14.4. The zero-order chi connectivity index (χ0) is 29.9. The van der Waals surface area contributed by atoms with Gasteiger partial charge in [0.1, 0.15) is 0 Å². The molecule has 1 fully saturated rings. The first-order valence-corrected chi connectivity index (χ1v) is 15.2. The van der Waals surface area contributed by atoms with Crippen LogP contribution >= 0.6 is 0 Å². The van der Waals surface area contributed by atoms with Crippen LogP contribution in [0.25, 0.3) is 33.2 Å². The number of fused-ring (bicyclic) bond motifs is 2. The lowest BCUT2D eigenvalue weighted by Gasteiger charge is -2.34. The lowest BCUT2D eigenvalue weighted by atomic mass is 9.91. The van der Waals surface area contributed by atoms with Gasteiger partial charge in [-0.1, -0.05) is 42.5 Å². The molecule has 1 aliphatic rings. The van der Waals surface area contributed by atoms with Crippen LogP contribution in [0.15, 0.2) is 65.6 Å². The zero-order valence-electron chi connectivity index (χ0n) is 24.9. The van der Waals surface area contributed by atoms with Crippen LogP contribution in [0.2, 0.25) is 0 Å². The van der Waals surface area contributed by atoms with Gasteiger partial charge in [-0.05, 0) is 61.4 Å². The molecule has 1 amide bonds. The van der Waals surface area contributed by atoms with Gasteiger partial charge in [-0.15, -0.1) is 0 Å². The molecule has 3 aromatic heterocycles. The molecule has 224 valence electrons. The highest BCUT2D eigenvalue weighted by atomic mass is 16.5. The number of H-pyrrole nitrogens is 2. The van der Waals surface area contributed by atoms with Crippen molar-refractivity contribution in [1.29, 1.82) is 0 Å². The van der Waals surface area contributed by atoms with Gasteiger partial charge in [0.25, 0.3) is 0 Å². The first-order valence-electron chi connectivity index (χ1n) is 15.2. The average Bonchev–Trinajstić information content (AvgIpc) is 3.54. The van der Waals surface area contributed by atoms with Crippen LogP contribution < -0.4 is 11.4 Å². The Morgan fingerprint density at radius 3 is 2.77 bits per heavy atom. The summed E-state index contributed by atoms with van der Waals surface area (Å²) in [4.78, 5) is 37.0. The number of para-hydroxylation sites is 1. The van der Waals surface area contributed by atoms with Gasteiger partial charge in [-0.25, -0.2) is 9.78 Å². The van der Waals surface area contributed by atoms with E-state index in [0.717, 1.165) is 62.2 Å². The smallest absolute Gasteiger partial charge is 0.325 e. The van der Waals surface area contributed by atoms with Crippen LogP contribution in [0.3, 0.4) is 0 Å². The number of nitrogens with two attached hydrogens (primary N) is 1. The van der Waals surface area contributed by atoms with Crippen LogP contribution in [0.5, 0.6) is 0 Å². The van der Waals surface area contributed by atoms with E-state index in [1.165, 1.54) is 22.2 Å². The predicted molar refractivity (Wildman–Crippen MR) is 170 cm³/mol. The molecule has 0 aliphatic carbocycles. The third-order valence-electron chi connectivity index (χ3n) is 8.79. The Morgan fingerprint density at radius 2 is 1.95 bits per heavy atom. The molecule has 6 rings (SSSR count). The molecule has 0 radical (unpaired) electrons. The van der Waals surface area contributed by atoms with Crippen molar-refractivity contribution in [3.8, 4) is 11.1 Å². The van der Waals surface area contributed by atoms with Gasteiger partial charge in [-0.2, -0.15) is 0 Å². The van der Waals surface area contributed by atoms with Crippen LogP contribution in [0, 0.1) is 6.92 Å². The molecule has 1 aliphatic heterocycles. The second-order valence-electron chi connectivity index (χ2n) is 11.7. The summed E-state index contributed by atoms with van der Waals surface area (Å²) in [5.74, 6) is 0.426. The number of ether oxygens (including phenoxy) is 1. The van der Waals surface area contributed by atoms with E-state index in [0.29, 0.717) is 29.9 Å². The highest BCUT2D eigenvalue weighted by Crippen LogP contribution is 2.36. The summed E-state index contributed by atoms with van der Waals surface area (Å²) in [6, 6.07) is 18.4. The monoisotopic (exact) mass is 580 g/mol. The Morgan fingerprint density at radius 1 is 1.14 bits per heavy atom. The maximum Gasteiger partial charge on any atom is 0.325 e. The second kappa shape index (κ2) is 12.6.